The molecule has 2 rings (SSSR count). The first-order valence-corrected chi connectivity index (χ1v) is 6.39. The van der Waals surface area contributed by atoms with Gasteiger partial charge in [0, 0.05) is 6.54 Å². The van der Waals surface area contributed by atoms with Gasteiger partial charge in [-0.1, -0.05) is 19.9 Å². The molecule has 1 aliphatic rings. The van der Waals surface area contributed by atoms with E-state index in [-0.39, 0.29) is 31.1 Å². The smallest absolute Gasteiger partial charge is 0.231 e. The van der Waals surface area contributed by atoms with Gasteiger partial charge in [0.05, 0.1) is 12.5 Å². The van der Waals surface area contributed by atoms with Crippen molar-refractivity contribution in [2.24, 2.45) is 11.8 Å². The van der Waals surface area contributed by atoms with Crippen LogP contribution in [-0.4, -0.2) is 24.4 Å². The fourth-order valence-electron chi connectivity index (χ4n) is 1.97. The monoisotopic (exact) mass is 265 g/mol. The molecule has 0 fully saturated rings. The first-order chi connectivity index (χ1) is 9.11. The summed E-state index contributed by atoms with van der Waals surface area (Å²) in [6, 6.07) is 5.57. The number of aliphatic hydroxyl groups excluding tert-OH is 1. The van der Waals surface area contributed by atoms with E-state index in [1.807, 2.05) is 32.0 Å². The summed E-state index contributed by atoms with van der Waals surface area (Å²) in [5, 5.41) is 12.0. The van der Waals surface area contributed by atoms with Gasteiger partial charge in [0.15, 0.2) is 11.5 Å². The molecule has 0 saturated heterocycles. The number of ether oxygens (including phenoxy) is 2. The van der Waals surface area contributed by atoms with Crippen LogP contribution in [0.5, 0.6) is 11.5 Å². The number of carbonyl (C=O) groups is 1. The fourth-order valence-corrected chi connectivity index (χ4v) is 1.97. The maximum Gasteiger partial charge on any atom is 0.231 e. The Morgan fingerprint density at radius 3 is 2.79 bits per heavy atom. The number of aliphatic hydroxyl groups is 1. The zero-order valence-corrected chi connectivity index (χ0v) is 11.2. The zero-order chi connectivity index (χ0) is 13.8. The third-order valence-electron chi connectivity index (χ3n) is 3.24. The SMILES string of the molecule is CC(C)C(CO)C(=O)NCc1ccc2c(c1)OCO2. The second kappa shape index (κ2) is 5.93. The summed E-state index contributed by atoms with van der Waals surface area (Å²) in [6.45, 7) is 4.36. The van der Waals surface area contributed by atoms with E-state index in [0.29, 0.717) is 12.3 Å². The molecule has 1 amide bonds. The highest BCUT2D eigenvalue weighted by molar-refractivity contribution is 5.79. The largest absolute Gasteiger partial charge is 0.454 e. The Morgan fingerprint density at radius 2 is 2.11 bits per heavy atom. The van der Waals surface area contributed by atoms with E-state index in [9.17, 15) is 9.90 Å². The minimum atomic E-state index is -0.367. The molecule has 0 radical (unpaired) electrons. The summed E-state index contributed by atoms with van der Waals surface area (Å²) >= 11 is 0. The molecule has 1 aromatic rings. The molecule has 1 unspecified atom stereocenters. The highest BCUT2D eigenvalue weighted by Crippen LogP contribution is 2.32. The average molecular weight is 265 g/mol. The molecule has 19 heavy (non-hydrogen) atoms. The summed E-state index contributed by atoms with van der Waals surface area (Å²) in [4.78, 5) is 11.9. The molecule has 1 atom stereocenters. The number of benzene rings is 1. The Hall–Kier alpha value is -1.75. The molecule has 0 aliphatic carbocycles. The Balaban J connectivity index is 1.93. The van der Waals surface area contributed by atoms with Crippen molar-refractivity contribution in [2.45, 2.75) is 20.4 Å². The molecule has 5 heteroatoms. The Morgan fingerprint density at radius 1 is 1.37 bits per heavy atom. The number of nitrogens with one attached hydrogen (secondary N) is 1. The summed E-state index contributed by atoms with van der Waals surface area (Å²) < 4.78 is 10.5. The fraction of sp³-hybridized carbons (Fsp3) is 0.500. The third kappa shape index (κ3) is 3.17. The molecule has 1 heterocycles. The molecule has 0 saturated carbocycles. The van der Waals surface area contributed by atoms with Gasteiger partial charge < -0.3 is 19.9 Å². The van der Waals surface area contributed by atoms with Crippen molar-refractivity contribution in [3.63, 3.8) is 0 Å². The van der Waals surface area contributed by atoms with Gasteiger partial charge >= 0.3 is 0 Å². The van der Waals surface area contributed by atoms with Crippen molar-refractivity contribution in [3.05, 3.63) is 23.8 Å². The van der Waals surface area contributed by atoms with Crippen LogP contribution in [-0.2, 0) is 11.3 Å². The van der Waals surface area contributed by atoms with Gasteiger partial charge in [0.2, 0.25) is 12.7 Å². The topological polar surface area (TPSA) is 67.8 Å². The maximum absolute atomic E-state index is 11.9. The second-order valence-electron chi connectivity index (χ2n) is 4.94. The number of amides is 1. The van der Waals surface area contributed by atoms with Crippen LogP contribution in [0.1, 0.15) is 19.4 Å². The van der Waals surface area contributed by atoms with Crippen LogP contribution in [0.2, 0.25) is 0 Å². The zero-order valence-electron chi connectivity index (χ0n) is 11.2. The van der Waals surface area contributed by atoms with Crippen molar-refractivity contribution in [2.75, 3.05) is 13.4 Å². The van der Waals surface area contributed by atoms with Crippen molar-refractivity contribution in [1.29, 1.82) is 0 Å². The van der Waals surface area contributed by atoms with Gasteiger partial charge in [-0.3, -0.25) is 4.79 Å². The first kappa shape index (κ1) is 13.7. The molecule has 0 spiro atoms. The summed E-state index contributed by atoms with van der Waals surface area (Å²) in [5.41, 5.74) is 0.943. The van der Waals surface area contributed by atoms with Gasteiger partial charge in [0.25, 0.3) is 0 Å². The lowest BCUT2D eigenvalue weighted by atomic mass is 9.96. The Bertz CT molecular complexity index is 459. The number of carbonyl (C=O) groups excluding carboxylic acids is 1. The van der Waals surface area contributed by atoms with Gasteiger partial charge in [0.1, 0.15) is 0 Å². The number of hydrogen-bond acceptors (Lipinski definition) is 4. The standard InChI is InChI=1S/C14H19NO4/c1-9(2)11(7-16)14(17)15-6-10-3-4-12-13(5-10)19-8-18-12/h3-5,9,11,16H,6-8H2,1-2H3,(H,15,17). The van der Waals surface area contributed by atoms with E-state index >= 15 is 0 Å². The predicted molar refractivity (Wildman–Crippen MR) is 69.8 cm³/mol. The molecular formula is C14H19NO4. The first-order valence-electron chi connectivity index (χ1n) is 6.39. The van der Waals surface area contributed by atoms with Crippen LogP contribution in [0.15, 0.2) is 18.2 Å². The minimum absolute atomic E-state index is 0.113. The molecule has 104 valence electrons. The molecule has 2 N–H and O–H groups in total. The van der Waals surface area contributed by atoms with E-state index < -0.39 is 0 Å². The lowest BCUT2D eigenvalue weighted by Crippen LogP contribution is -2.35. The number of rotatable bonds is 5. The van der Waals surface area contributed by atoms with Crippen LogP contribution in [0, 0.1) is 11.8 Å². The summed E-state index contributed by atoms with van der Waals surface area (Å²) in [5.74, 6) is 1.05. The lowest BCUT2D eigenvalue weighted by molar-refractivity contribution is -0.127. The van der Waals surface area contributed by atoms with Crippen LogP contribution in [0.3, 0.4) is 0 Å². The van der Waals surface area contributed by atoms with E-state index in [0.717, 1.165) is 11.3 Å². The van der Waals surface area contributed by atoms with E-state index in [1.165, 1.54) is 0 Å². The van der Waals surface area contributed by atoms with Crippen molar-refractivity contribution in [1.82, 2.24) is 5.32 Å². The predicted octanol–water partition coefficient (Wildman–Crippen LogP) is 1.30. The van der Waals surface area contributed by atoms with Gasteiger partial charge in [-0.05, 0) is 23.6 Å². The maximum atomic E-state index is 11.9. The van der Waals surface area contributed by atoms with Crippen molar-refractivity contribution < 1.29 is 19.4 Å². The van der Waals surface area contributed by atoms with E-state index in [2.05, 4.69) is 5.32 Å². The highest BCUT2D eigenvalue weighted by Gasteiger charge is 2.21. The van der Waals surface area contributed by atoms with Crippen LogP contribution in [0.4, 0.5) is 0 Å². The lowest BCUT2D eigenvalue weighted by Gasteiger charge is -2.17. The average Bonchev–Trinajstić information content (AvgIpc) is 2.84. The van der Waals surface area contributed by atoms with E-state index in [4.69, 9.17) is 9.47 Å². The summed E-state index contributed by atoms with van der Waals surface area (Å²) in [6.07, 6.45) is 0. The Labute approximate surface area is 112 Å². The number of fused-ring (bicyclic) bond motifs is 1. The van der Waals surface area contributed by atoms with Gasteiger partial charge in [-0.2, -0.15) is 0 Å². The number of hydrogen-bond donors (Lipinski definition) is 2. The Kier molecular flexibility index (Phi) is 4.27. The second-order valence-corrected chi connectivity index (χ2v) is 4.94. The molecule has 1 aromatic carbocycles. The third-order valence-corrected chi connectivity index (χ3v) is 3.24. The molecule has 5 nitrogen and oxygen atoms in total. The molecular weight excluding hydrogens is 246 g/mol. The van der Waals surface area contributed by atoms with Gasteiger partial charge in [-0.15, -0.1) is 0 Å². The quantitative estimate of drug-likeness (QED) is 0.842. The van der Waals surface area contributed by atoms with Crippen molar-refractivity contribution in [3.8, 4) is 11.5 Å². The van der Waals surface area contributed by atoms with E-state index in [1.54, 1.807) is 0 Å². The normalized spacial score (nSPS) is 14.5. The molecule has 0 bridgehead atoms. The minimum Gasteiger partial charge on any atom is -0.454 e. The van der Waals surface area contributed by atoms with Gasteiger partial charge in [-0.25, -0.2) is 0 Å². The highest BCUT2D eigenvalue weighted by atomic mass is 16.7. The molecule has 0 aromatic heterocycles. The summed E-state index contributed by atoms with van der Waals surface area (Å²) in [7, 11) is 0. The molecule has 1 aliphatic heterocycles. The van der Waals surface area contributed by atoms with Crippen LogP contribution in [0.25, 0.3) is 0 Å². The van der Waals surface area contributed by atoms with Crippen molar-refractivity contribution >= 4 is 5.91 Å². The van der Waals surface area contributed by atoms with Crippen LogP contribution < -0.4 is 14.8 Å². The van der Waals surface area contributed by atoms with Crippen LogP contribution >= 0.6 is 0 Å².